The summed E-state index contributed by atoms with van der Waals surface area (Å²) in [4.78, 5) is 13.3. The van der Waals surface area contributed by atoms with Gasteiger partial charge < -0.3 is 9.69 Å². The Morgan fingerprint density at radius 2 is 1.93 bits per heavy atom. The van der Waals surface area contributed by atoms with Crippen molar-refractivity contribution >= 4 is 33.8 Å². The third kappa shape index (κ3) is 4.33. The van der Waals surface area contributed by atoms with Crippen molar-refractivity contribution in [3.63, 3.8) is 0 Å². The van der Waals surface area contributed by atoms with E-state index in [1.165, 1.54) is 25.1 Å². The molecule has 1 aliphatic rings. The summed E-state index contributed by atoms with van der Waals surface area (Å²) in [7, 11) is -3.70. The van der Waals surface area contributed by atoms with Crippen molar-refractivity contribution in [2.75, 3.05) is 0 Å². The molecule has 0 bridgehead atoms. The number of benzene rings is 2. The second kappa shape index (κ2) is 7.84. The molecule has 2 aromatic carbocycles. The van der Waals surface area contributed by atoms with Crippen LogP contribution in [0.1, 0.15) is 35.2 Å². The van der Waals surface area contributed by atoms with E-state index in [-0.39, 0.29) is 17.0 Å². The first-order chi connectivity index (χ1) is 13.5. The zero-order valence-corrected chi connectivity index (χ0v) is 16.8. The highest BCUT2D eigenvalue weighted by Crippen LogP contribution is 2.36. The Kier molecular flexibility index (Phi) is 5.78. The standard InChI is InChI=1S/C20H17ClF3NO3S/c1-13(21)29(27,28)17-4-2-3-14(9-17)11-25-8-7-15-5-6-16(20(22,23)24)10-18(15)19(25)12-26/h2-10,12-13,19H,11H2,1H3. The minimum atomic E-state index is -4.52. The first-order valence-electron chi connectivity index (χ1n) is 8.61. The zero-order valence-electron chi connectivity index (χ0n) is 15.2. The van der Waals surface area contributed by atoms with Gasteiger partial charge in [-0.1, -0.05) is 18.2 Å². The molecule has 9 heteroatoms. The first kappa shape index (κ1) is 21.4. The Morgan fingerprint density at radius 3 is 2.55 bits per heavy atom. The number of hydrogen-bond acceptors (Lipinski definition) is 4. The fraction of sp³-hybridized carbons (Fsp3) is 0.250. The van der Waals surface area contributed by atoms with Gasteiger partial charge in [0.15, 0.2) is 9.84 Å². The number of halogens is 4. The Balaban J connectivity index is 1.93. The molecular weight excluding hydrogens is 427 g/mol. The first-order valence-corrected chi connectivity index (χ1v) is 10.6. The lowest BCUT2D eigenvalue weighted by Gasteiger charge is -2.32. The van der Waals surface area contributed by atoms with Crippen molar-refractivity contribution in [3.05, 3.63) is 70.9 Å². The van der Waals surface area contributed by atoms with Crippen LogP contribution < -0.4 is 0 Å². The average molecular weight is 444 g/mol. The van der Waals surface area contributed by atoms with E-state index >= 15 is 0 Å². The summed E-state index contributed by atoms with van der Waals surface area (Å²) >= 11 is 5.75. The molecule has 0 aromatic heterocycles. The van der Waals surface area contributed by atoms with E-state index in [1.54, 1.807) is 29.3 Å². The Labute approximate surface area is 171 Å². The highest BCUT2D eigenvalue weighted by atomic mass is 35.5. The fourth-order valence-electron chi connectivity index (χ4n) is 3.13. The van der Waals surface area contributed by atoms with Gasteiger partial charge in [-0.3, -0.25) is 0 Å². The minimum absolute atomic E-state index is 0.0425. The fourth-order valence-corrected chi connectivity index (χ4v) is 4.40. The maximum atomic E-state index is 13.1. The number of fused-ring (bicyclic) bond motifs is 1. The minimum Gasteiger partial charge on any atom is -0.359 e. The summed E-state index contributed by atoms with van der Waals surface area (Å²) in [5.41, 5.74) is 0.520. The molecule has 0 saturated heterocycles. The number of rotatable bonds is 5. The molecule has 2 aromatic rings. The molecule has 0 radical (unpaired) electrons. The van der Waals surface area contributed by atoms with Gasteiger partial charge in [-0.2, -0.15) is 13.2 Å². The van der Waals surface area contributed by atoms with Crippen LogP contribution in [0, 0.1) is 0 Å². The average Bonchev–Trinajstić information content (AvgIpc) is 2.66. The smallest absolute Gasteiger partial charge is 0.359 e. The predicted molar refractivity (Wildman–Crippen MR) is 104 cm³/mol. The molecule has 0 N–H and O–H groups in total. The molecule has 0 aliphatic carbocycles. The van der Waals surface area contributed by atoms with E-state index in [4.69, 9.17) is 11.6 Å². The van der Waals surface area contributed by atoms with Crippen LogP contribution in [0.3, 0.4) is 0 Å². The lowest BCUT2D eigenvalue weighted by atomic mass is 9.94. The predicted octanol–water partition coefficient (Wildman–Crippen LogP) is 4.79. The Bertz CT molecular complexity index is 1060. The highest BCUT2D eigenvalue weighted by molar-refractivity contribution is 7.93. The number of alkyl halides is 4. The van der Waals surface area contributed by atoms with Gasteiger partial charge >= 0.3 is 6.18 Å². The van der Waals surface area contributed by atoms with Crippen LogP contribution in [0.5, 0.6) is 0 Å². The lowest BCUT2D eigenvalue weighted by molar-refractivity contribution is -0.137. The Morgan fingerprint density at radius 1 is 1.21 bits per heavy atom. The van der Waals surface area contributed by atoms with Crippen molar-refractivity contribution in [3.8, 4) is 0 Å². The van der Waals surface area contributed by atoms with E-state index in [9.17, 15) is 26.4 Å². The monoisotopic (exact) mass is 443 g/mol. The molecule has 0 saturated carbocycles. The molecule has 0 fully saturated rings. The van der Waals surface area contributed by atoms with Crippen LogP contribution in [-0.4, -0.2) is 24.3 Å². The molecule has 1 aliphatic heterocycles. The summed E-state index contributed by atoms with van der Waals surface area (Å²) < 4.78 is 62.6. The van der Waals surface area contributed by atoms with Gasteiger partial charge in [-0.15, -0.1) is 11.6 Å². The molecule has 0 amide bonds. The maximum Gasteiger partial charge on any atom is 0.416 e. The van der Waals surface area contributed by atoms with Gasteiger partial charge in [0, 0.05) is 12.7 Å². The van der Waals surface area contributed by atoms with Gasteiger partial charge in [0.25, 0.3) is 0 Å². The van der Waals surface area contributed by atoms with Gasteiger partial charge in [0.05, 0.1) is 10.5 Å². The van der Waals surface area contributed by atoms with Crippen molar-refractivity contribution < 1.29 is 26.4 Å². The van der Waals surface area contributed by atoms with E-state index in [0.717, 1.165) is 12.1 Å². The molecular formula is C20H17ClF3NO3S. The molecule has 3 rings (SSSR count). The van der Waals surface area contributed by atoms with E-state index in [0.29, 0.717) is 17.4 Å². The third-order valence-corrected chi connectivity index (χ3v) is 7.15. The number of nitrogens with zero attached hydrogens (tertiary/aromatic N) is 1. The number of sulfone groups is 1. The van der Waals surface area contributed by atoms with Crippen LogP contribution in [-0.2, 0) is 27.4 Å². The van der Waals surface area contributed by atoms with Crippen LogP contribution in [0.2, 0.25) is 0 Å². The molecule has 2 unspecified atom stereocenters. The van der Waals surface area contributed by atoms with Crippen LogP contribution >= 0.6 is 11.6 Å². The summed E-state index contributed by atoms with van der Waals surface area (Å²) in [6.45, 7) is 1.49. The second-order valence-electron chi connectivity index (χ2n) is 6.65. The van der Waals surface area contributed by atoms with Crippen molar-refractivity contribution in [2.45, 2.75) is 35.3 Å². The molecule has 154 valence electrons. The summed E-state index contributed by atoms with van der Waals surface area (Å²) in [5.74, 6) is 0. The Hall–Kier alpha value is -2.32. The summed E-state index contributed by atoms with van der Waals surface area (Å²) in [6, 6.07) is 8.46. The van der Waals surface area contributed by atoms with Crippen molar-refractivity contribution in [1.82, 2.24) is 4.90 Å². The molecule has 29 heavy (non-hydrogen) atoms. The maximum absolute atomic E-state index is 13.1. The van der Waals surface area contributed by atoms with E-state index in [2.05, 4.69) is 0 Å². The number of carbonyl (C=O) groups is 1. The molecule has 2 atom stereocenters. The van der Waals surface area contributed by atoms with Gasteiger partial charge in [-0.25, -0.2) is 8.42 Å². The molecule has 0 spiro atoms. The van der Waals surface area contributed by atoms with Crippen molar-refractivity contribution in [2.24, 2.45) is 0 Å². The van der Waals surface area contributed by atoms with E-state index < -0.39 is 32.3 Å². The quantitative estimate of drug-likeness (QED) is 0.492. The normalized spacial score (nSPS) is 17.7. The van der Waals surface area contributed by atoms with Crippen LogP contribution in [0.15, 0.2) is 53.6 Å². The number of hydrogen-bond donors (Lipinski definition) is 0. The van der Waals surface area contributed by atoms with Crippen LogP contribution in [0.4, 0.5) is 13.2 Å². The third-order valence-electron chi connectivity index (χ3n) is 4.68. The van der Waals surface area contributed by atoms with Crippen LogP contribution in [0.25, 0.3) is 6.08 Å². The molecule has 1 heterocycles. The topological polar surface area (TPSA) is 54.5 Å². The second-order valence-corrected chi connectivity index (χ2v) is 9.83. The van der Waals surface area contributed by atoms with Gasteiger partial charge in [0.1, 0.15) is 17.0 Å². The van der Waals surface area contributed by atoms with Crippen molar-refractivity contribution in [1.29, 1.82) is 0 Å². The SMILES string of the molecule is CC(Cl)S(=O)(=O)c1cccc(CN2C=Cc3ccc(C(F)(F)F)cc3C2C=O)c1. The van der Waals surface area contributed by atoms with Gasteiger partial charge in [0.2, 0.25) is 0 Å². The number of carbonyl (C=O) groups excluding carboxylic acids is 1. The summed E-state index contributed by atoms with van der Waals surface area (Å²) in [6.07, 6.45) is -0.712. The number of aldehydes is 1. The lowest BCUT2D eigenvalue weighted by Crippen LogP contribution is -2.28. The summed E-state index contributed by atoms with van der Waals surface area (Å²) in [5, 5.41) is 0. The highest BCUT2D eigenvalue weighted by Gasteiger charge is 2.33. The van der Waals surface area contributed by atoms with Gasteiger partial charge in [-0.05, 0) is 54.0 Å². The largest absolute Gasteiger partial charge is 0.416 e. The van der Waals surface area contributed by atoms with E-state index in [1.807, 2.05) is 0 Å². The zero-order chi connectivity index (χ0) is 21.4. The molecule has 4 nitrogen and oxygen atoms in total.